The highest BCUT2D eigenvalue weighted by molar-refractivity contribution is 5.88. The fraction of sp³-hybridized carbons (Fsp3) is 0.333. The number of hydrogen-bond acceptors (Lipinski definition) is 5. The summed E-state index contributed by atoms with van der Waals surface area (Å²) in [4.78, 5) is 8.75. The van der Waals surface area contributed by atoms with Crippen molar-refractivity contribution < 1.29 is 9.50 Å². The molecule has 2 unspecified atom stereocenters. The number of nitrogens with one attached hydrogen (secondary N) is 2. The van der Waals surface area contributed by atoms with Crippen molar-refractivity contribution in [3.63, 3.8) is 0 Å². The predicted molar refractivity (Wildman–Crippen MR) is 94.1 cm³/mol. The maximum absolute atomic E-state index is 14.6. The molecular weight excluding hydrogens is 307 g/mol. The monoisotopic (exact) mass is 328 g/mol. The Labute approximate surface area is 140 Å². The molecule has 2 aromatic heterocycles. The number of nitrogens with zero attached hydrogens (tertiary/aromatic N) is 2. The van der Waals surface area contributed by atoms with E-state index in [4.69, 9.17) is 0 Å². The van der Waals surface area contributed by atoms with Gasteiger partial charge < -0.3 is 15.7 Å². The van der Waals surface area contributed by atoms with Gasteiger partial charge in [-0.15, -0.1) is 0 Å². The summed E-state index contributed by atoms with van der Waals surface area (Å²) in [7, 11) is 1.81. The average Bonchev–Trinajstić information content (AvgIpc) is 2.62. The molecular formula is C18H21FN4O. The Morgan fingerprint density at radius 2 is 2.00 bits per heavy atom. The van der Waals surface area contributed by atoms with Gasteiger partial charge in [-0.1, -0.05) is 6.92 Å². The van der Waals surface area contributed by atoms with E-state index in [1.54, 1.807) is 25.5 Å². The Morgan fingerprint density at radius 3 is 2.71 bits per heavy atom. The van der Waals surface area contributed by atoms with E-state index in [0.29, 0.717) is 23.3 Å². The Morgan fingerprint density at radius 1 is 1.29 bits per heavy atom. The molecule has 0 fully saturated rings. The molecule has 0 bridgehead atoms. The molecule has 126 valence electrons. The molecule has 0 saturated heterocycles. The van der Waals surface area contributed by atoms with Crippen LogP contribution in [0.4, 0.5) is 10.2 Å². The molecule has 5 nitrogen and oxygen atoms in total. The lowest BCUT2D eigenvalue weighted by Gasteiger charge is -2.27. The fourth-order valence-corrected chi connectivity index (χ4v) is 2.82. The second-order valence-corrected chi connectivity index (χ2v) is 5.89. The van der Waals surface area contributed by atoms with Crippen molar-refractivity contribution in [2.75, 3.05) is 12.4 Å². The Balaban J connectivity index is 1.97. The number of pyridine rings is 2. The van der Waals surface area contributed by atoms with E-state index < -0.39 is 12.1 Å². The molecule has 2 aromatic rings. The summed E-state index contributed by atoms with van der Waals surface area (Å²) in [5.41, 5.74) is 1.86. The molecule has 0 radical (unpaired) electrons. The highest BCUT2D eigenvalue weighted by atomic mass is 19.1. The van der Waals surface area contributed by atoms with Gasteiger partial charge in [0.1, 0.15) is 17.7 Å². The van der Waals surface area contributed by atoms with E-state index in [2.05, 4.69) is 20.6 Å². The average molecular weight is 328 g/mol. The van der Waals surface area contributed by atoms with E-state index >= 15 is 0 Å². The molecule has 24 heavy (non-hydrogen) atoms. The topological polar surface area (TPSA) is 70.1 Å². The van der Waals surface area contributed by atoms with Gasteiger partial charge in [0.15, 0.2) is 0 Å². The Bertz CT molecular complexity index is 831. The van der Waals surface area contributed by atoms with Crippen molar-refractivity contribution in [2.24, 2.45) is 0 Å². The lowest BCUT2D eigenvalue weighted by Crippen LogP contribution is -2.39. The van der Waals surface area contributed by atoms with Crippen LogP contribution in [-0.2, 0) is 0 Å². The number of halogens is 1. The number of allylic oxidation sites excluding steroid dienone is 2. The van der Waals surface area contributed by atoms with Crippen LogP contribution in [0.25, 0.3) is 16.3 Å². The normalized spacial score (nSPS) is 19.0. The molecule has 0 aromatic carbocycles. The molecule has 1 aliphatic rings. The smallest absolute Gasteiger partial charge is 0.128 e. The molecule has 0 saturated carbocycles. The molecule has 2 atom stereocenters. The minimum Gasteiger partial charge on any atom is -0.391 e. The number of anilines is 1. The largest absolute Gasteiger partial charge is 0.391 e. The van der Waals surface area contributed by atoms with Gasteiger partial charge in [-0.2, -0.15) is 0 Å². The lowest BCUT2D eigenvalue weighted by atomic mass is 9.94. The molecule has 3 heterocycles. The minimum atomic E-state index is -0.758. The summed E-state index contributed by atoms with van der Waals surface area (Å²) in [6.07, 6.45) is 4.97. The van der Waals surface area contributed by atoms with Crippen molar-refractivity contribution >= 4 is 22.2 Å². The fourth-order valence-electron chi connectivity index (χ4n) is 2.82. The quantitative estimate of drug-likeness (QED) is 0.805. The third kappa shape index (κ3) is 2.85. The number of dihydropyridines is 1. The summed E-state index contributed by atoms with van der Waals surface area (Å²) in [5, 5.41) is 17.8. The second-order valence-electron chi connectivity index (χ2n) is 5.89. The van der Waals surface area contributed by atoms with E-state index in [0.717, 1.165) is 16.6 Å². The molecule has 0 spiro atoms. The number of rotatable bonds is 4. The summed E-state index contributed by atoms with van der Waals surface area (Å²) >= 11 is 0. The van der Waals surface area contributed by atoms with Crippen LogP contribution in [0.5, 0.6) is 0 Å². The Hall–Kier alpha value is -2.47. The van der Waals surface area contributed by atoms with E-state index in [9.17, 15) is 9.50 Å². The van der Waals surface area contributed by atoms with Gasteiger partial charge in [0.05, 0.1) is 11.8 Å². The van der Waals surface area contributed by atoms with Crippen LogP contribution in [-0.4, -0.2) is 34.3 Å². The van der Waals surface area contributed by atoms with Crippen LogP contribution >= 0.6 is 0 Å². The van der Waals surface area contributed by atoms with Crippen LogP contribution < -0.4 is 10.6 Å². The van der Waals surface area contributed by atoms with Crippen molar-refractivity contribution in [3.05, 3.63) is 47.8 Å². The first kappa shape index (κ1) is 16.4. The van der Waals surface area contributed by atoms with Gasteiger partial charge in [-0.05, 0) is 31.1 Å². The summed E-state index contributed by atoms with van der Waals surface area (Å²) in [6.45, 7) is 3.54. The SMILES string of the molecule is CCC(O)C1NC=C(c2cc3cnc(NC)cc3cn2)C(C)=C1F. The third-order valence-corrected chi connectivity index (χ3v) is 4.38. The maximum Gasteiger partial charge on any atom is 0.128 e. The van der Waals surface area contributed by atoms with Crippen LogP contribution in [0, 0.1) is 0 Å². The van der Waals surface area contributed by atoms with Crippen LogP contribution in [0.1, 0.15) is 26.0 Å². The predicted octanol–water partition coefficient (Wildman–Crippen LogP) is 3.00. The zero-order valence-corrected chi connectivity index (χ0v) is 14.0. The van der Waals surface area contributed by atoms with Gasteiger partial charge in [0.25, 0.3) is 0 Å². The number of hydrogen-bond donors (Lipinski definition) is 3. The van der Waals surface area contributed by atoms with Gasteiger partial charge in [-0.25, -0.2) is 9.37 Å². The number of fused-ring (bicyclic) bond motifs is 1. The zero-order valence-electron chi connectivity index (χ0n) is 14.0. The van der Waals surface area contributed by atoms with Crippen LogP contribution in [0.3, 0.4) is 0 Å². The van der Waals surface area contributed by atoms with Crippen molar-refractivity contribution in [1.29, 1.82) is 0 Å². The number of aromatic nitrogens is 2. The summed E-state index contributed by atoms with van der Waals surface area (Å²) in [5.74, 6) is 0.432. The maximum atomic E-state index is 14.6. The minimum absolute atomic E-state index is 0.340. The molecule has 0 amide bonds. The van der Waals surface area contributed by atoms with Crippen molar-refractivity contribution in [2.45, 2.75) is 32.4 Å². The van der Waals surface area contributed by atoms with Crippen LogP contribution in [0.2, 0.25) is 0 Å². The number of aliphatic hydroxyl groups excluding tert-OH is 1. The molecule has 3 N–H and O–H groups in total. The van der Waals surface area contributed by atoms with E-state index in [-0.39, 0.29) is 5.83 Å². The highest BCUT2D eigenvalue weighted by Gasteiger charge is 2.28. The van der Waals surface area contributed by atoms with Crippen LogP contribution in [0.15, 0.2) is 42.1 Å². The zero-order chi connectivity index (χ0) is 17.3. The number of aliphatic hydroxyl groups is 1. The third-order valence-electron chi connectivity index (χ3n) is 4.38. The van der Waals surface area contributed by atoms with Gasteiger partial charge >= 0.3 is 0 Å². The van der Waals surface area contributed by atoms with E-state index in [1.807, 2.05) is 26.1 Å². The second kappa shape index (κ2) is 6.57. The summed E-state index contributed by atoms with van der Waals surface area (Å²) < 4.78 is 14.6. The first-order valence-electron chi connectivity index (χ1n) is 8.00. The van der Waals surface area contributed by atoms with Gasteiger partial charge in [0, 0.05) is 42.0 Å². The molecule has 6 heteroatoms. The molecule has 3 rings (SSSR count). The van der Waals surface area contributed by atoms with E-state index in [1.165, 1.54) is 0 Å². The Kier molecular flexibility index (Phi) is 4.49. The summed E-state index contributed by atoms with van der Waals surface area (Å²) in [6, 6.07) is 3.11. The first-order valence-corrected chi connectivity index (χ1v) is 8.00. The first-order chi connectivity index (χ1) is 11.5. The van der Waals surface area contributed by atoms with Crippen molar-refractivity contribution in [1.82, 2.24) is 15.3 Å². The molecule has 0 aliphatic carbocycles. The molecule has 1 aliphatic heterocycles. The van der Waals surface area contributed by atoms with Gasteiger partial charge in [0.2, 0.25) is 0 Å². The van der Waals surface area contributed by atoms with Crippen molar-refractivity contribution in [3.8, 4) is 0 Å². The highest BCUT2D eigenvalue weighted by Crippen LogP contribution is 2.31. The lowest BCUT2D eigenvalue weighted by molar-refractivity contribution is 0.132. The standard InChI is InChI=1S/C18H21FN4O/c1-4-15(24)18-17(19)10(2)13(9-23-18)14-5-11-8-22-16(20-3)6-12(11)7-21-14/h5-9,15,18,23-24H,4H2,1-3H3,(H,20,22). The van der Waals surface area contributed by atoms with Gasteiger partial charge in [-0.3, -0.25) is 4.98 Å².